The van der Waals surface area contributed by atoms with Crippen LogP contribution in [0.15, 0.2) is 18.5 Å². The minimum atomic E-state index is 0.175. The molecule has 5 rings (SSSR count). The van der Waals surface area contributed by atoms with Crippen LogP contribution in [-0.4, -0.2) is 65.1 Å². The van der Waals surface area contributed by atoms with Crippen molar-refractivity contribution in [3.8, 4) is 0 Å². The summed E-state index contributed by atoms with van der Waals surface area (Å²) < 4.78 is 8.01. The van der Waals surface area contributed by atoms with Crippen LogP contribution in [0, 0.1) is 5.92 Å². The monoisotopic (exact) mass is 508 g/mol. The van der Waals surface area contributed by atoms with E-state index in [0.717, 1.165) is 68.1 Å². The zero-order chi connectivity index (χ0) is 20.0. The van der Waals surface area contributed by atoms with Crippen LogP contribution in [-0.2, 0) is 9.53 Å². The van der Waals surface area contributed by atoms with E-state index in [-0.39, 0.29) is 17.9 Å². The Morgan fingerprint density at radius 3 is 2.97 bits per heavy atom. The summed E-state index contributed by atoms with van der Waals surface area (Å²) in [5.74, 6) is 1.95. The highest BCUT2D eigenvalue weighted by atomic mass is 127. The number of hydrogen-bond acceptors (Lipinski definition) is 5. The normalized spacial score (nSPS) is 25.8. The minimum absolute atomic E-state index is 0.175. The largest absolute Gasteiger partial charge is 0.381 e. The molecule has 1 saturated carbocycles. The maximum absolute atomic E-state index is 12.5. The highest BCUT2D eigenvalue weighted by Crippen LogP contribution is 2.42. The second kappa shape index (κ2) is 7.82. The van der Waals surface area contributed by atoms with Gasteiger partial charge in [-0.15, -0.1) is 10.2 Å². The summed E-state index contributed by atoms with van der Waals surface area (Å²) in [4.78, 5) is 22.2. The Morgan fingerprint density at radius 1 is 1.34 bits per heavy atom. The molecule has 1 aliphatic heterocycles. The van der Waals surface area contributed by atoms with E-state index in [2.05, 4.69) is 52.1 Å². The number of aromatic nitrogens is 5. The van der Waals surface area contributed by atoms with E-state index in [0.29, 0.717) is 9.84 Å². The van der Waals surface area contributed by atoms with Crippen LogP contribution in [0.1, 0.15) is 44.3 Å². The first-order valence-corrected chi connectivity index (χ1v) is 11.5. The van der Waals surface area contributed by atoms with Gasteiger partial charge in [0, 0.05) is 48.8 Å². The van der Waals surface area contributed by atoms with Crippen molar-refractivity contribution in [3.63, 3.8) is 0 Å². The molecule has 2 fully saturated rings. The first-order valence-electron chi connectivity index (χ1n) is 10.3. The Morgan fingerprint density at radius 2 is 2.17 bits per heavy atom. The summed E-state index contributed by atoms with van der Waals surface area (Å²) in [5, 5.41) is 8.91. The van der Waals surface area contributed by atoms with Gasteiger partial charge in [-0.3, -0.25) is 9.20 Å². The SMILES string of the molecule is CC(=O)N(CC1CCOCC1)[C@@H]1CC(c2nnc3cnc4[nH]ccc4n23)[C@H](I)C1. The quantitative estimate of drug-likeness (QED) is 0.433. The molecule has 9 heteroatoms. The lowest BCUT2D eigenvalue weighted by Crippen LogP contribution is -2.42. The molecule has 0 bridgehead atoms. The van der Waals surface area contributed by atoms with Gasteiger partial charge < -0.3 is 14.6 Å². The van der Waals surface area contributed by atoms with Crippen molar-refractivity contribution in [2.75, 3.05) is 19.8 Å². The van der Waals surface area contributed by atoms with Crippen LogP contribution in [0.5, 0.6) is 0 Å². The van der Waals surface area contributed by atoms with Gasteiger partial charge in [-0.05, 0) is 37.7 Å². The number of amides is 1. The Labute approximate surface area is 182 Å². The number of rotatable bonds is 4. The summed E-state index contributed by atoms with van der Waals surface area (Å²) in [6.07, 6.45) is 7.65. The summed E-state index contributed by atoms with van der Waals surface area (Å²) in [6, 6.07) is 2.27. The fourth-order valence-electron chi connectivity index (χ4n) is 4.86. The molecule has 0 aromatic carbocycles. The van der Waals surface area contributed by atoms with Gasteiger partial charge >= 0.3 is 0 Å². The van der Waals surface area contributed by atoms with Gasteiger partial charge in [-0.1, -0.05) is 22.6 Å². The number of fused-ring (bicyclic) bond motifs is 3. The Kier molecular flexibility index (Phi) is 5.19. The number of nitrogens with one attached hydrogen (secondary N) is 1. The molecule has 8 nitrogen and oxygen atoms in total. The molecule has 1 unspecified atom stereocenters. The van der Waals surface area contributed by atoms with E-state index in [4.69, 9.17) is 4.74 Å². The van der Waals surface area contributed by atoms with Crippen LogP contribution in [0.25, 0.3) is 16.8 Å². The molecule has 154 valence electrons. The zero-order valence-electron chi connectivity index (χ0n) is 16.4. The van der Waals surface area contributed by atoms with Crippen molar-refractivity contribution >= 4 is 45.3 Å². The van der Waals surface area contributed by atoms with E-state index in [1.165, 1.54) is 0 Å². The molecule has 1 N–H and O–H groups in total. The van der Waals surface area contributed by atoms with Crippen molar-refractivity contribution in [1.29, 1.82) is 0 Å². The van der Waals surface area contributed by atoms with Gasteiger partial charge in [0.05, 0.1) is 11.7 Å². The standard InChI is InChI=1S/C20H25IN6O2/c1-12(28)26(11-13-3-6-29-7-4-13)14-8-15(16(21)9-14)20-25-24-18-10-23-19-17(27(18)20)2-5-22-19/h2,5,10,13-16,22H,3-4,6-9,11H2,1H3/t14-,15?,16-/m1/s1. The predicted molar refractivity (Wildman–Crippen MR) is 117 cm³/mol. The van der Waals surface area contributed by atoms with Gasteiger partial charge in [-0.25, -0.2) is 4.98 Å². The highest BCUT2D eigenvalue weighted by Gasteiger charge is 2.40. The van der Waals surface area contributed by atoms with Crippen LogP contribution in [0.2, 0.25) is 0 Å². The third kappa shape index (κ3) is 3.52. The predicted octanol–water partition coefficient (Wildman–Crippen LogP) is 2.93. The van der Waals surface area contributed by atoms with Crippen molar-refractivity contribution < 1.29 is 9.53 Å². The van der Waals surface area contributed by atoms with Crippen molar-refractivity contribution in [2.24, 2.45) is 5.92 Å². The Hall–Kier alpha value is -1.75. The van der Waals surface area contributed by atoms with Gasteiger partial charge in [0.15, 0.2) is 11.3 Å². The number of ether oxygens (including phenoxy) is 1. The molecular formula is C20H25IN6O2. The topological polar surface area (TPSA) is 88.4 Å². The number of H-pyrrole nitrogens is 1. The third-order valence-corrected chi connectivity index (χ3v) is 7.78. The van der Waals surface area contributed by atoms with Crippen LogP contribution >= 0.6 is 22.6 Å². The molecule has 2 aliphatic rings. The number of alkyl halides is 1. The van der Waals surface area contributed by atoms with Crippen LogP contribution < -0.4 is 0 Å². The van der Waals surface area contributed by atoms with Crippen molar-refractivity contribution in [1.82, 2.24) is 29.5 Å². The lowest BCUT2D eigenvalue weighted by Gasteiger charge is -2.33. The molecule has 0 spiro atoms. The number of halogens is 1. The molecule has 4 heterocycles. The molecule has 1 amide bonds. The molecule has 3 atom stereocenters. The number of nitrogens with zero attached hydrogens (tertiary/aromatic N) is 5. The smallest absolute Gasteiger partial charge is 0.219 e. The van der Waals surface area contributed by atoms with Gasteiger partial charge in [0.1, 0.15) is 5.82 Å². The minimum Gasteiger partial charge on any atom is -0.381 e. The fourth-order valence-corrected chi connectivity index (χ4v) is 6.07. The van der Waals surface area contributed by atoms with Crippen LogP contribution in [0.4, 0.5) is 0 Å². The number of hydrogen-bond donors (Lipinski definition) is 1. The van der Waals surface area contributed by atoms with E-state index in [1.807, 2.05) is 12.3 Å². The molecule has 1 aliphatic carbocycles. The summed E-state index contributed by atoms with van der Waals surface area (Å²) in [7, 11) is 0. The zero-order valence-corrected chi connectivity index (χ0v) is 18.6. The molecular weight excluding hydrogens is 483 g/mol. The maximum atomic E-state index is 12.5. The van der Waals surface area contributed by atoms with Crippen LogP contribution in [0.3, 0.4) is 0 Å². The Balaban J connectivity index is 1.42. The molecule has 3 aromatic heterocycles. The lowest BCUT2D eigenvalue weighted by molar-refractivity contribution is -0.132. The third-order valence-electron chi connectivity index (χ3n) is 6.40. The molecule has 1 saturated heterocycles. The average molecular weight is 508 g/mol. The fraction of sp³-hybridized carbons (Fsp3) is 0.600. The van der Waals surface area contributed by atoms with Crippen molar-refractivity contribution in [2.45, 2.75) is 48.5 Å². The molecule has 3 aromatic rings. The van der Waals surface area contributed by atoms with Crippen molar-refractivity contribution in [3.05, 3.63) is 24.3 Å². The summed E-state index contributed by atoms with van der Waals surface area (Å²) in [5.41, 5.74) is 2.60. The lowest BCUT2D eigenvalue weighted by atomic mass is 9.98. The van der Waals surface area contributed by atoms with Gasteiger partial charge in [-0.2, -0.15) is 0 Å². The summed E-state index contributed by atoms with van der Waals surface area (Å²) >= 11 is 2.53. The Bertz CT molecular complexity index is 1030. The second-order valence-electron chi connectivity index (χ2n) is 8.20. The van der Waals surface area contributed by atoms with E-state index >= 15 is 0 Å². The second-order valence-corrected chi connectivity index (χ2v) is 9.80. The summed E-state index contributed by atoms with van der Waals surface area (Å²) in [6.45, 7) is 4.17. The van der Waals surface area contributed by atoms with E-state index < -0.39 is 0 Å². The van der Waals surface area contributed by atoms with E-state index in [9.17, 15) is 4.79 Å². The number of aromatic amines is 1. The van der Waals surface area contributed by atoms with E-state index in [1.54, 1.807) is 13.1 Å². The molecule has 0 radical (unpaired) electrons. The molecule has 29 heavy (non-hydrogen) atoms. The average Bonchev–Trinajstić information content (AvgIpc) is 3.43. The first-order chi connectivity index (χ1) is 14.1. The van der Waals surface area contributed by atoms with Gasteiger partial charge in [0.25, 0.3) is 0 Å². The first kappa shape index (κ1) is 19.2. The number of carbonyl (C=O) groups is 1. The number of carbonyl (C=O) groups excluding carboxylic acids is 1. The maximum Gasteiger partial charge on any atom is 0.219 e. The highest BCUT2D eigenvalue weighted by molar-refractivity contribution is 14.1. The van der Waals surface area contributed by atoms with Gasteiger partial charge in [0.2, 0.25) is 5.91 Å².